The first-order valence-corrected chi connectivity index (χ1v) is 6.06. The van der Waals surface area contributed by atoms with Crippen LogP contribution in [0.25, 0.3) is 22.4 Å². The molecule has 3 aromatic rings. The van der Waals surface area contributed by atoms with Crippen molar-refractivity contribution in [3.8, 4) is 11.4 Å². The highest BCUT2D eigenvalue weighted by atomic mass is 15.4. The first-order valence-electron chi connectivity index (χ1n) is 6.06. The zero-order valence-corrected chi connectivity index (χ0v) is 11.5. The van der Waals surface area contributed by atoms with E-state index in [-0.39, 0.29) is 0 Å². The Balaban J connectivity index is 2.22. The van der Waals surface area contributed by atoms with Crippen molar-refractivity contribution in [2.45, 2.75) is 0 Å². The van der Waals surface area contributed by atoms with Gasteiger partial charge in [0.1, 0.15) is 5.65 Å². The predicted octanol–water partition coefficient (Wildman–Crippen LogP) is 1.43. The second-order valence-electron chi connectivity index (χ2n) is 4.78. The van der Waals surface area contributed by atoms with E-state index in [0.717, 1.165) is 28.4 Å². The van der Waals surface area contributed by atoms with E-state index in [1.807, 2.05) is 56.0 Å². The average Bonchev–Trinajstić information content (AvgIpc) is 2.94. The van der Waals surface area contributed by atoms with Crippen LogP contribution in [0.2, 0.25) is 0 Å². The van der Waals surface area contributed by atoms with Crippen molar-refractivity contribution in [1.29, 1.82) is 0 Å². The van der Waals surface area contributed by atoms with Crippen LogP contribution in [0.4, 0.5) is 5.95 Å². The molecule has 0 saturated heterocycles. The van der Waals surface area contributed by atoms with E-state index in [9.17, 15) is 0 Å². The summed E-state index contributed by atoms with van der Waals surface area (Å²) in [5.74, 6) is 1.56. The van der Waals surface area contributed by atoms with Gasteiger partial charge in [-0.1, -0.05) is 0 Å². The molecule has 0 bridgehead atoms. The first-order chi connectivity index (χ1) is 9.08. The molecular weight excluding hydrogens is 240 g/mol. The molecule has 0 aliphatic carbocycles. The Hall–Kier alpha value is -2.37. The van der Waals surface area contributed by atoms with E-state index < -0.39 is 0 Å². The van der Waals surface area contributed by atoms with Crippen LogP contribution in [0.15, 0.2) is 24.5 Å². The fourth-order valence-electron chi connectivity index (χ4n) is 2.24. The van der Waals surface area contributed by atoms with Crippen molar-refractivity contribution >= 4 is 17.0 Å². The van der Waals surface area contributed by atoms with Gasteiger partial charge in [-0.15, -0.1) is 5.10 Å². The molecule has 19 heavy (non-hydrogen) atoms. The van der Waals surface area contributed by atoms with E-state index >= 15 is 0 Å². The van der Waals surface area contributed by atoms with Crippen molar-refractivity contribution in [2.75, 3.05) is 19.0 Å². The number of nitrogens with zero attached hydrogens (tertiary/aromatic N) is 6. The summed E-state index contributed by atoms with van der Waals surface area (Å²) in [5, 5.41) is 5.56. The number of fused-ring (bicyclic) bond motifs is 1. The highest BCUT2D eigenvalue weighted by Gasteiger charge is 2.14. The van der Waals surface area contributed by atoms with Crippen LogP contribution >= 0.6 is 0 Å². The van der Waals surface area contributed by atoms with E-state index in [2.05, 4.69) is 15.1 Å². The van der Waals surface area contributed by atoms with Gasteiger partial charge in [0.2, 0.25) is 5.95 Å². The lowest BCUT2D eigenvalue weighted by molar-refractivity contribution is 0.753. The molecule has 0 aliphatic rings. The molecule has 0 saturated carbocycles. The number of hydrogen-bond donors (Lipinski definition) is 0. The second-order valence-corrected chi connectivity index (χ2v) is 4.78. The van der Waals surface area contributed by atoms with E-state index in [1.165, 1.54) is 0 Å². The van der Waals surface area contributed by atoms with Gasteiger partial charge in [0.05, 0.1) is 0 Å². The summed E-state index contributed by atoms with van der Waals surface area (Å²) < 4.78 is 3.78. The molecule has 0 unspecified atom stereocenters. The van der Waals surface area contributed by atoms with Gasteiger partial charge >= 0.3 is 0 Å². The molecule has 3 heterocycles. The number of anilines is 1. The molecule has 6 heteroatoms. The second kappa shape index (κ2) is 4.08. The number of rotatable bonds is 2. The topological polar surface area (TPSA) is 51.8 Å². The monoisotopic (exact) mass is 256 g/mol. The van der Waals surface area contributed by atoms with Gasteiger partial charge in [0.25, 0.3) is 0 Å². The van der Waals surface area contributed by atoms with Crippen LogP contribution in [0.3, 0.4) is 0 Å². The van der Waals surface area contributed by atoms with E-state index in [0.29, 0.717) is 0 Å². The zero-order valence-electron chi connectivity index (χ0n) is 11.5. The van der Waals surface area contributed by atoms with Crippen LogP contribution < -0.4 is 4.90 Å². The normalized spacial score (nSPS) is 11.2. The highest BCUT2D eigenvalue weighted by molar-refractivity contribution is 5.91. The largest absolute Gasteiger partial charge is 0.347 e. The number of hydrogen-bond acceptors (Lipinski definition) is 4. The summed E-state index contributed by atoms with van der Waals surface area (Å²) in [6.45, 7) is 0. The van der Waals surface area contributed by atoms with Gasteiger partial charge in [0, 0.05) is 51.5 Å². The lowest BCUT2D eigenvalue weighted by Gasteiger charge is -2.08. The molecule has 3 rings (SSSR count). The number of aryl methyl sites for hydroxylation is 2. The Kier molecular flexibility index (Phi) is 2.51. The zero-order chi connectivity index (χ0) is 13.6. The molecule has 0 aliphatic heterocycles. The summed E-state index contributed by atoms with van der Waals surface area (Å²) in [6, 6.07) is 4.00. The van der Waals surface area contributed by atoms with Gasteiger partial charge < -0.3 is 9.47 Å². The van der Waals surface area contributed by atoms with Crippen molar-refractivity contribution in [3.05, 3.63) is 24.5 Å². The molecule has 0 fully saturated rings. The minimum Gasteiger partial charge on any atom is -0.347 e. The molecule has 0 N–H and O–H groups in total. The third-order valence-electron chi connectivity index (χ3n) is 3.15. The van der Waals surface area contributed by atoms with Crippen molar-refractivity contribution < 1.29 is 0 Å². The van der Waals surface area contributed by atoms with Crippen LogP contribution in [-0.2, 0) is 14.1 Å². The number of aromatic nitrogens is 5. The van der Waals surface area contributed by atoms with Gasteiger partial charge in [0.15, 0.2) is 5.82 Å². The third-order valence-corrected chi connectivity index (χ3v) is 3.15. The number of pyridine rings is 1. The molecule has 0 amide bonds. The minimum absolute atomic E-state index is 0.727. The van der Waals surface area contributed by atoms with Gasteiger partial charge in [-0.3, -0.25) is 0 Å². The smallest absolute Gasteiger partial charge is 0.223 e. The molecule has 0 atom stereocenters. The Bertz CT molecular complexity index is 737. The quantitative estimate of drug-likeness (QED) is 0.696. The maximum absolute atomic E-state index is 4.58. The summed E-state index contributed by atoms with van der Waals surface area (Å²) >= 11 is 0. The van der Waals surface area contributed by atoms with E-state index in [1.54, 1.807) is 10.9 Å². The van der Waals surface area contributed by atoms with Crippen molar-refractivity contribution in [1.82, 2.24) is 24.3 Å². The Morgan fingerprint density at radius 1 is 1.16 bits per heavy atom. The van der Waals surface area contributed by atoms with Crippen LogP contribution in [0, 0.1) is 0 Å². The van der Waals surface area contributed by atoms with Gasteiger partial charge in [-0.2, -0.15) is 4.98 Å². The summed E-state index contributed by atoms with van der Waals surface area (Å²) in [6.07, 6.45) is 3.79. The maximum Gasteiger partial charge on any atom is 0.223 e. The molecule has 0 radical (unpaired) electrons. The fourth-order valence-corrected chi connectivity index (χ4v) is 2.24. The summed E-state index contributed by atoms with van der Waals surface area (Å²) in [4.78, 5) is 10.9. The van der Waals surface area contributed by atoms with E-state index in [4.69, 9.17) is 0 Å². The van der Waals surface area contributed by atoms with Crippen molar-refractivity contribution in [3.63, 3.8) is 0 Å². The lowest BCUT2D eigenvalue weighted by atomic mass is 10.2. The predicted molar refractivity (Wildman–Crippen MR) is 75.0 cm³/mol. The van der Waals surface area contributed by atoms with Crippen molar-refractivity contribution in [2.24, 2.45) is 14.1 Å². The Labute approximate surface area is 111 Å². The van der Waals surface area contributed by atoms with Gasteiger partial charge in [-0.05, 0) is 12.1 Å². The summed E-state index contributed by atoms with van der Waals surface area (Å²) in [7, 11) is 7.79. The van der Waals surface area contributed by atoms with Crippen LogP contribution in [0.1, 0.15) is 0 Å². The Morgan fingerprint density at radius 3 is 2.63 bits per heavy atom. The molecule has 0 aromatic carbocycles. The molecule has 3 aromatic heterocycles. The third kappa shape index (κ3) is 1.76. The SMILES string of the molecule is CN(C)c1nc(-c2ccnc3c2ccn3C)nn1C. The average molecular weight is 256 g/mol. The van der Waals surface area contributed by atoms with Crippen LogP contribution in [0.5, 0.6) is 0 Å². The van der Waals surface area contributed by atoms with Gasteiger partial charge in [-0.25, -0.2) is 9.67 Å². The maximum atomic E-state index is 4.58. The molecule has 98 valence electrons. The molecule has 6 nitrogen and oxygen atoms in total. The standard InChI is InChI=1S/C13H16N6/c1-17(2)13-15-11(16-19(13)4)9-5-7-14-12-10(9)6-8-18(12)3/h5-8H,1-4H3. The highest BCUT2D eigenvalue weighted by Crippen LogP contribution is 2.26. The molecular formula is C13H16N6. The summed E-state index contributed by atoms with van der Waals surface area (Å²) in [5.41, 5.74) is 1.95. The molecule has 0 spiro atoms. The fraction of sp³-hybridized carbons (Fsp3) is 0.308. The lowest BCUT2D eigenvalue weighted by Crippen LogP contribution is -2.14. The van der Waals surface area contributed by atoms with Crippen LogP contribution in [-0.4, -0.2) is 38.4 Å². The Morgan fingerprint density at radius 2 is 1.95 bits per heavy atom. The minimum atomic E-state index is 0.727. The first kappa shape index (κ1) is 11.7.